The van der Waals surface area contributed by atoms with Crippen LogP contribution in [0.5, 0.6) is 5.75 Å². The van der Waals surface area contributed by atoms with Crippen molar-refractivity contribution in [2.45, 2.75) is 31.8 Å². The highest BCUT2D eigenvalue weighted by molar-refractivity contribution is 6.09. The molecule has 0 aromatic heterocycles. The smallest absolute Gasteiger partial charge is 0.411 e. The van der Waals surface area contributed by atoms with Crippen LogP contribution in [0.3, 0.4) is 0 Å². The molecule has 4 aromatic rings. The molecule has 0 spiro atoms. The first-order valence-corrected chi connectivity index (χ1v) is 15.0. The maximum Gasteiger partial charge on any atom is 0.411 e. The van der Waals surface area contributed by atoms with Crippen molar-refractivity contribution in [3.8, 4) is 28.7 Å². The third-order valence-corrected chi connectivity index (χ3v) is 7.30. The zero-order valence-corrected chi connectivity index (χ0v) is 25.4. The van der Waals surface area contributed by atoms with Gasteiger partial charge in [0.2, 0.25) is 0 Å². The molecule has 234 valence electrons. The second kappa shape index (κ2) is 15.0. The van der Waals surface area contributed by atoms with Gasteiger partial charge in [-0.05, 0) is 97.1 Å². The van der Waals surface area contributed by atoms with Crippen molar-refractivity contribution in [3.63, 3.8) is 0 Å². The maximum absolute atomic E-state index is 13.1. The van der Waals surface area contributed by atoms with Crippen molar-refractivity contribution < 1.29 is 29.0 Å². The number of aryl methyl sites for hydroxylation is 1. The van der Waals surface area contributed by atoms with Crippen molar-refractivity contribution in [1.29, 1.82) is 0 Å². The number of amides is 2. The minimum atomic E-state index is -0.626. The molecule has 2 amide bonds. The first-order valence-electron chi connectivity index (χ1n) is 15.0. The van der Waals surface area contributed by atoms with E-state index in [1.54, 1.807) is 60.7 Å². The zero-order valence-electron chi connectivity index (χ0n) is 25.4. The lowest BCUT2D eigenvalue weighted by Gasteiger charge is -2.11. The van der Waals surface area contributed by atoms with E-state index in [4.69, 9.17) is 20.3 Å². The number of nitrogens with two attached hydrogens (primary N) is 1. The molecule has 0 bridgehead atoms. The summed E-state index contributed by atoms with van der Waals surface area (Å²) < 4.78 is 10.8. The van der Waals surface area contributed by atoms with E-state index in [1.165, 1.54) is 0 Å². The number of ether oxygens (including phenoxy) is 2. The SMILES string of the molecule is Cc1ccc(C(=O)NC2CC2)cc1-c1ccc(C(=O)c2ccc(OCCOC(=O)Nc3ccc(C#CC(N)CO)cc3)cc2)cc1. The highest BCUT2D eigenvalue weighted by atomic mass is 16.6. The number of rotatable bonds is 11. The number of ketones is 1. The van der Waals surface area contributed by atoms with Gasteiger partial charge < -0.3 is 25.6 Å². The summed E-state index contributed by atoms with van der Waals surface area (Å²) in [6.45, 7) is 1.93. The van der Waals surface area contributed by atoms with Crippen LogP contribution >= 0.6 is 0 Å². The minimum absolute atomic E-state index is 0.0229. The van der Waals surface area contributed by atoms with Gasteiger partial charge in [-0.3, -0.25) is 14.9 Å². The summed E-state index contributed by atoms with van der Waals surface area (Å²) >= 11 is 0. The molecule has 0 saturated heterocycles. The molecule has 9 heteroatoms. The van der Waals surface area contributed by atoms with Gasteiger partial charge in [-0.2, -0.15) is 0 Å². The second-order valence-corrected chi connectivity index (χ2v) is 11.0. The van der Waals surface area contributed by atoms with E-state index in [0.717, 1.165) is 29.5 Å². The lowest BCUT2D eigenvalue weighted by molar-refractivity contribution is 0.0950. The highest BCUT2D eigenvalue weighted by Gasteiger charge is 2.24. The van der Waals surface area contributed by atoms with Gasteiger partial charge in [0.05, 0.1) is 12.6 Å². The van der Waals surface area contributed by atoms with E-state index >= 15 is 0 Å². The van der Waals surface area contributed by atoms with Gasteiger partial charge in [0.25, 0.3) is 5.91 Å². The lowest BCUT2D eigenvalue weighted by Crippen LogP contribution is -2.25. The molecular weight excluding hydrogens is 582 g/mol. The topological polar surface area (TPSA) is 140 Å². The molecular formula is C37H35N3O6. The summed E-state index contributed by atoms with van der Waals surface area (Å²) in [5.74, 6) is 5.91. The quantitative estimate of drug-likeness (QED) is 0.105. The van der Waals surface area contributed by atoms with Gasteiger partial charge in [0.15, 0.2) is 5.78 Å². The van der Waals surface area contributed by atoms with E-state index < -0.39 is 12.1 Å². The van der Waals surface area contributed by atoms with Crippen molar-refractivity contribution in [1.82, 2.24) is 5.32 Å². The predicted octanol–water partition coefficient (Wildman–Crippen LogP) is 5.08. The van der Waals surface area contributed by atoms with Crippen molar-refractivity contribution in [3.05, 3.63) is 119 Å². The predicted molar refractivity (Wildman–Crippen MR) is 176 cm³/mol. The normalized spacial score (nSPS) is 12.7. The van der Waals surface area contributed by atoms with E-state index in [2.05, 4.69) is 22.5 Å². The summed E-state index contributed by atoms with van der Waals surface area (Å²) in [5, 5.41) is 14.6. The standard InChI is InChI=1S/C37H35N3O6/c1-24-2-6-29(36(43)39-31-16-17-31)22-34(24)26-7-9-27(10-8-26)35(42)28-11-18-33(19-12-28)45-20-21-46-37(44)40-32-14-4-25(5-15-32)3-13-30(38)23-41/h2,4-12,14-15,18-19,22,30-31,41H,16-17,20-21,23,38H2,1H3,(H,39,43)(H,40,44). The average molecular weight is 618 g/mol. The molecule has 5 N–H and O–H groups in total. The Kier molecular flexibility index (Phi) is 10.5. The number of benzene rings is 4. The molecule has 4 aromatic carbocycles. The Bertz CT molecular complexity index is 1750. The number of anilines is 1. The summed E-state index contributed by atoms with van der Waals surface area (Å²) in [5.41, 5.74) is 11.4. The third-order valence-electron chi connectivity index (χ3n) is 7.30. The molecule has 46 heavy (non-hydrogen) atoms. The first-order chi connectivity index (χ1) is 22.3. The maximum atomic E-state index is 13.1. The van der Waals surface area contributed by atoms with E-state index in [1.807, 2.05) is 37.3 Å². The van der Waals surface area contributed by atoms with Gasteiger partial charge in [0.1, 0.15) is 19.0 Å². The Labute approximate surface area is 267 Å². The van der Waals surface area contributed by atoms with Crippen LogP contribution in [-0.4, -0.2) is 54.8 Å². The van der Waals surface area contributed by atoms with Crippen LogP contribution in [0.2, 0.25) is 0 Å². The number of aliphatic hydroxyl groups is 1. The Morgan fingerprint density at radius 2 is 1.54 bits per heavy atom. The van der Waals surface area contributed by atoms with Crippen LogP contribution in [0.1, 0.15) is 50.2 Å². The van der Waals surface area contributed by atoms with Gasteiger partial charge in [-0.15, -0.1) is 0 Å². The second-order valence-electron chi connectivity index (χ2n) is 11.0. The fourth-order valence-corrected chi connectivity index (χ4v) is 4.55. The van der Waals surface area contributed by atoms with Gasteiger partial charge in [0, 0.05) is 34.0 Å². The molecule has 0 radical (unpaired) electrons. The number of carbonyl (C=O) groups is 3. The van der Waals surface area contributed by atoms with Crippen LogP contribution in [0, 0.1) is 18.8 Å². The van der Waals surface area contributed by atoms with Crippen LogP contribution in [0.25, 0.3) is 11.1 Å². The molecule has 1 aliphatic rings. The Balaban J connectivity index is 1.08. The summed E-state index contributed by atoms with van der Waals surface area (Å²) in [4.78, 5) is 37.7. The number of nitrogens with one attached hydrogen (secondary N) is 2. The van der Waals surface area contributed by atoms with Crippen LogP contribution < -0.4 is 21.1 Å². The number of carbonyl (C=O) groups excluding carboxylic acids is 3. The number of aliphatic hydroxyl groups excluding tert-OH is 1. The minimum Gasteiger partial charge on any atom is -0.490 e. The fraction of sp³-hybridized carbons (Fsp3) is 0.216. The monoisotopic (exact) mass is 617 g/mol. The van der Waals surface area contributed by atoms with Gasteiger partial charge >= 0.3 is 6.09 Å². The Morgan fingerprint density at radius 1 is 0.891 bits per heavy atom. The van der Waals surface area contributed by atoms with Crippen LogP contribution in [-0.2, 0) is 4.74 Å². The molecule has 1 atom stereocenters. The average Bonchev–Trinajstić information content (AvgIpc) is 3.90. The van der Waals surface area contributed by atoms with E-state index in [-0.39, 0.29) is 31.5 Å². The van der Waals surface area contributed by atoms with E-state index in [9.17, 15) is 14.4 Å². The van der Waals surface area contributed by atoms with Crippen molar-refractivity contribution in [2.24, 2.45) is 5.73 Å². The lowest BCUT2D eigenvalue weighted by atomic mass is 9.95. The fourth-order valence-electron chi connectivity index (χ4n) is 4.55. The van der Waals surface area contributed by atoms with Gasteiger partial charge in [-0.1, -0.05) is 42.2 Å². The Hall–Kier alpha value is -5.43. The molecule has 0 heterocycles. The highest BCUT2D eigenvalue weighted by Crippen LogP contribution is 2.27. The molecule has 9 nitrogen and oxygen atoms in total. The number of hydrogen-bond acceptors (Lipinski definition) is 7. The van der Waals surface area contributed by atoms with Crippen molar-refractivity contribution in [2.75, 3.05) is 25.1 Å². The molecule has 1 fully saturated rings. The van der Waals surface area contributed by atoms with Gasteiger partial charge in [-0.25, -0.2) is 4.79 Å². The first kappa shape index (κ1) is 32.0. The van der Waals surface area contributed by atoms with E-state index in [0.29, 0.717) is 39.7 Å². The largest absolute Gasteiger partial charge is 0.490 e. The van der Waals surface area contributed by atoms with Crippen LogP contribution in [0.15, 0.2) is 91.0 Å². The molecule has 5 rings (SSSR count). The molecule has 0 aliphatic heterocycles. The third kappa shape index (κ3) is 8.82. The molecule has 1 saturated carbocycles. The number of hydrogen-bond donors (Lipinski definition) is 4. The molecule has 1 aliphatic carbocycles. The van der Waals surface area contributed by atoms with Crippen molar-refractivity contribution >= 4 is 23.5 Å². The summed E-state index contributed by atoms with van der Waals surface area (Å²) in [7, 11) is 0. The zero-order chi connectivity index (χ0) is 32.5. The summed E-state index contributed by atoms with van der Waals surface area (Å²) in [6.07, 6.45) is 1.44. The summed E-state index contributed by atoms with van der Waals surface area (Å²) in [6, 6.07) is 26.3. The Morgan fingerprint density at radius 3 is 2.20 bits per heavy atom. The van der Waals surface area contributed by atoms with Crippen LogP contribution in [0.4, 0.5) is 10.5 Å². The molecule has 1 unspecified atom stereocenters.